The Bertz CT molecular complexity index is 349. The molecule has 2 amide bonds. The van der Waals surface area contributed by atoms with Gasteiger partial charge in [0.15, 0.2) is 0 Å². The topological polar surface area (TPSA) is 78.9 Å². The van der Waals surface area contributed by atoms with Crippen molar-refractivity contribution >= 4 is 12.0 Å². The molecule has 1 fully saturated rings. The van der Waals surface area contributed by atoms with E-state index in [1.807, 2.05) is 20.8 Å². The Labute approximate surface area is 120 Å². The Morgan fingerprint density at radius 2 is 1.95 bits per heavy atom. The monoisotopic (exact) mass is 286 g/mol. The van der Waals surface area contributed by atoms with E-state index in [1.54, 1.807) is 12.0 Å². The molecule has 0 radical (unpaired) electrons. The average molecular weight is 286 g/mol. The number of aliphatic carboxylic acids is 1. The Morgan fingerprint density at radius 1 is 1.40 bits per heavy atom. The van der Waals surface area contributed by atoms with Crippen LogP contribution in [0, 0.1) is 5.92 Å². The van der Waals surface area contributed by atoms with Crippen LogP contribution in [0.4, 0.5) is 4.79 Å². The van der Waals surface area contributed by atoms with Crippen LogP contribution in [-0.4, -0.2) is 53.8 Å². The molecular weight excluding hydrogens is 260 g/mol. The zero-order chi connectivity index (χ0) is 15.3. The van der Waals surface area contributed by atoms with Crippen LogP contribution in [0.2, 0.25) is 0 Å². The molecule has 0 aromatic heterocycles. The molecule has 1 saturated heterocycles. The van der Waals surface area contributed by atoms with Gasteiger partial charge in [-0.2, -0.15) is 0 Å². The number of amides is 2. The van der Waals surface area contributed by atoms with E-state index in [4.69, 9.17) is 9.84 Å². The van der Waals surface area contributed by atoms with Crippen LogP contribution >= 0.6 is 0 Å². The van der Waals surface area contributed by atoms with E-state index in [0.29, 0.717) is 25.9 Å². The first-order chi connectivity index (χ1) is 9.25. The summed E-state index contributed by atoms with van der Waals surface area (Å²) in [6.45, 7) is 6.91. The number of urea groups is 1. The maximum atomic E-state index is 12.1. The molecule has 1 atom stereocenters. The first kappa shape index (κ1) is 16.8. The number of likely N-dealkylation sites (tertiary alicyclic amines) is 1. The molecule has 2 N–H and O–H groups in total. The summed E-state index contributed by atoms with van der Waals surface area (Å²) in [4.78, 5) is 24.6. The lowest BCUT2D eigenvalue weighted by atomic mass is 9.97. The summed E-state index contributed by atoms with van der Waals surface area (Å²) in [7, 11) is 1.66. The van der Waals surface area contributed by atoms with E-state index >= 15 is 0 Å². The Balaban J connectivity index is 2.38. The molecule has 1 heterocycles. The van der Waals surface area contributed by atoms with Gasteiger partial charge in [0.25, 0.3) is 0 Å². The zero-order valence-corrected chi connectivity index (χ0v) is 12.8. The van der Waals surface area contributed by atoms with Crippen LogP contribution in [0.5, 0.6) is 0 Å². The highest BCUT2D eigenvalue weighted by Gasteiger charge is 2.28. The number of nitrogens with one attached hydrogen (secondary N) is 1. The second kappa shape index (κ2) is 6.92. The largest absolute Gasteiger partial charge is 0.481 e. The fourth-order valence-electron chi connectivity index (χ4n) is 2.50. The molecule has 0 aromatic rings. The van der Waals surface area contributed by atoms with Crippen LogP contribution in [0.1, 0.15) is 40.0 Å². The van der Waals surface area contributed by atoms with Gasteiger partial charge >= 0.3 is 12.0 Å². The third-order valence-corrected chi connectivity index (χ3v) is 3.85. The van der Waals surface area contributed by atoms with Crippen LogP contribution < -0.4 is 5.32 Å². The van der Waals surface area contributed by atoms with Crippen LogP contribution in [0.25, 0.3) is 0 Å². The first-order valence-corrected chi connectivity index (χ1v) is 7.08. The molecule has 1 rings (SSSR count). The van der Waals surface area contributed by atoms with E-state index < -0.39 is 5.97 Å². The van der Waals surface area contributed by atoms with Crippen LogP contribution in [0.3, 0.4) is 0 Å². The number of ether oxygens (including phenoxy) is 1. The molecule has 0 saturated carbocycles. The van der Waals surface area contributed by atoms with E-state index in [1.165, 1.54) is 0 Å². The molecule has 6 heteroatoms. The van der Waals surface area contributed by atoms with Crippen molar-refractivity contribution in [1.29, 1.82) is 0 Å². The second-order valence-electron chi connectivity index (χ2n) is 6.12. The van der Waals surface area contributed by atoms with Crippen LogP contribution in [-0.2, 0) is 9.53 Å². The normalized spacial score (nSPS) is 18.7. The number of nitrogens with zero attached hydrogens (tertiary/aromatic N) is 1. The SMILES string of the molecule is COC(C)(C)CC(C)NC(=O)N1CCC(C(=O)O)CC1. The number of piperidine rings is 1. The van der Waals surface area contributed by atoms with E-state index in [0.717, 1.165) is 6.42 Å². The summed E-state index contributed by atoms with van der Waals surface area (Å²) in [5.74, 6) is -1.08. The number of carboxylic acid groups (broad SMARTS) is 1. The predicted molar refractivity (Wildman–Crippen MR) is 75.6 cm³/mol. The van der Waals surface area contributed by atoms with E-state index in [-0.39, 0.29) is 23.6 Å². The maximum absolute atomic E-state index is 12.1. The summed E-state index contributed by atoms with van der Waals surface area (Å²) in [6, 6.07) is -0.108. The van der Waals surface area contributed by atoms with Crippen molar-refractivity contribution in [1.82, 2.24) is 10.2 Å². The fourth-order valence-corrected chi connectivity index (χ4v) is 2.50. The Kier molecular flexibility index (Phi) is 5.80. The van der Waals surface area contributed by atoms with Gasteiger partial charge in [0, 0.05) is 26.2 Å². The lowest BCUT2D eigenvalue weighted by molar-refractivity contribution is -0.143. The Hall–Kier alpha value is -1.30. The van der Waals surface area contributed by atoms with Gasteiger partial charge in [-0.1, -0.05) is 0 Å². The number of methoxy groups -OCH3 is 1. The molecule has 0 spiro atoms. The Morgan fingerprint density at radius 3 is 2.40 bits per heavy atom. The molecule has 20 heavy (non-hydrogen) atoms. The van der Waals surface area contributed by atoms with Crippen molar-refractivity contribution in [3.63, 3.8) is 0 Å². The third kappa shape index (κ3) is 5.00. The summed E-state index contributed by atoms with van der Waals surface area (Å²) < 4.78 is 5.35. The molecule has 0 aliphatic carbocycles. The predicted octanol–water partition coefficient (Wildman–Crippen LogP) is 1.70. The number of carbonyl (C=O) groups is 2. The highest BCUT2D eigenvalue weighted by Crippen LogP contribution is 2.18. The van der Waals surface area contributed by atoms with Crippen molar-refractivity contribution in [2.75, 3.05) is 20.2 Å². The lowest BCUT2D eigenvalue weighted by Crippen LogP contribution is -2.49. The van der Waals surface area contributed by atoms with Gasteiger partial charge in [-0.05, 0) is 40.0 Å². The quantitative estimate of drug-likeness (QED) is 0.806. The summed E-state index contributed by atoms with van der Waals surface area (Å²) in [5.41, 5.74) is -0.275. The molecular formula is C14H26N2O4. The van der Waals surface area contributed by atoms with Gasteiger partial charge in [-0.15, -0.1) is 0 Å². The van der Waals surface area contributed by atoms with Gasteiger partial charge in [-0.3, -0.25) is 4.79 Å². The summed E-state index contributed by atoms with van der Waals surface area (Å²) in [6.07, 6.45) is 1.78. The highest BCUT2D eigenvalue weighted by molar-refractivity contribution is 5.75. The molecule has 6 nitrogen and oxygen atoms in total. The van der Waals surface area contributed by atoms with Gasteiger partial charge in [0.1, 0.15) is 0 Å². The van der Waals surface area contributed by atoms with Gasteiger partial charge in [0.2, 0.25) is 0 Å². The van der Waals surface area contributed by atoms with E-state index in [9.17, 15) is 9.59 Å². The van der Waals surface area contributed by atoms with Gasteiger partial charge in [0.05, 0.1) is 11.5 Å². The van der Waals surface area contributed by atoms with Crippen molar-refractivity contribution < 1.29 is 19.4 Å². The lowest BCUT2D eigenvalue weighted by Gasteiger charge is -2.32. The average Bonchev–Trinajstić information content (AvgIpc) is 2.38. The van der Waals surface area contributed by atoms with Crippen molar-refractivity contribution in [2.45, 2.75) is 51.7 Å². The minimum absolute atomic E-state index is 0.00893. The van der Waals surface area contributed by atoms with Crippen molar-refractivity contribution in [3.05, 3.63) is 0 Å². The standard InChI is InChI=1S/C14H26N2O4/c1-10(9-14(2,3)20-4)15-13(19)16-7-5-11(6-8-16)12(17)18/h10-11H,5-9H2,1-4H3,(H,15,19)(H,17,18). The maximum Gasteiger partial charge on any atom is 0.317 e. The molecule has 1 aliphatic heterocycles. The summed E-state index contributed by atoms with van der Waals surface area (Å²) in [5, 5.41) is 11.9. The fraction of sp³-hybridized carbons (Fsp3) is 0.857. The van der Waals surface area contributed by atoms with Gasteiger partial charge in [-0.25, -0.2) is 4.79 Å². The number of hydrogen-bond donors (Lipinski definition) is 2. The number of carboxylic acids is 1. The molecule has 1 aliphatic rings. The minimum Gasteiger partial charge on any atom is -0.481 e. The zero-order valence-electron chi connectivity index (χ0n) is 12.8. The second-order valence-corrected chi connectivity index (χ2v) is 6.12. The molecule has 0 bridgehead atoms. The van der Waals surface area contributed by atoms with Gasteiger partial charge < -0.3 is 20.1 Å². The van der Waals surface area contributed by atoms with Crippen molar-refractivity contribution in [3.8, 4) is 0 Å². The van der Waals surface area contributed by atoms with E-state index in [2.05, 4.69) is 5.32 Å². The summed E-state index contributed by atoms with van der Waals surface area (Å²) >= 11 is 0. The smallest absolute Gasteiger partial charge is 0.317 e. The number of hydrogen-bond acceptors (Lipinski definition) is 3. The minimum atomic E-state index is -0.764. The number of rotatable bonds is 5. The molecule has 0 aromatic carbocycles. The van der Waals surface area contributed by atoms with Crippen LogP contribution in [0.15, 0.2) is 0 Å². The first-order valence-electron chi connectivity index (χ1n) is 7.08. The van der Waals surface area contributed by atoms with Crippen molar-refractivity contribution in [2.24, 2.45) is 5.92 Å². The molecule has 116 valence electrons. The highest BCUT2D eigenvalue weighted by atomic mass is 16.5. The third-order valence-electron chi connectivity index (χ3n) is 3.85. The number of carbonyl (C=O) groups excluding carboxylic acids is 1. The molecule has 1 unspecified atom stereocenters.